The molecule has 0 aromatic heterocycles. The Morgan fingerprint density at radius 3 is 1.91 bits per heavy atom. The van der Waals surface area contributed by atoms with Gasteiger partial charge in [-0.15, -0.1) is 0 Å². The average Bonchev–Trinajstić information content (AvgIpc) is 2.56. The molecule has 0 aliphatic heterocycles. The van der Waals surface area contributed by atoms with Gasteiger partial charge in [0, 0.05) is 0 Å². The molecule has 0 atom stereocenters. The van der Waals surface area contributed by atoms with E-state index in [2.05, 4.69) is 37.3 Å². The van der Waals surface area contributed by atoms with Gasteiger partial charge in [-0.05, 0) is 24.5 Å². The maximum Gasteiger partial charge on any atom is -0.0106 e. The predicted molar refractivity (Wildman–Crippen MR) is 100 cm³/mol. The Hall–Kier alpha value is -1.04. The molecule has 0 unspecified atom stereocenters. The van der Waals surface area contributed by atoms with Gasteiger partial charge in [0.25, 0.3) is 0 Å². The molecule has 1 aromatic rings. The second kappa shape index (κ2) is 14.9. The van der Waals surface area contributed by atoms with Crippen molar-refractivity contribution in [3.63, 3.8) is 0 Å². The minimum absolute atomic E-state index is 1.20. The summed E-state index contributed by atoms with van der Waals surface area (Å²) in [6.45, 7) is 2.29. The molecule has 1 radical (unpaired) electrons. The molecule has 0 aliphatic carbocycles. The Morgan fingerprint density at radius 1 is 0.773 bits per heavy atom. The molecule has 0 aliphatic rings. The maximum atomic E-state index is 3.23. The second-order valence-corrected chi connectivity index (χ2v) is 6.40. The molecule has 0 bridgehead atoms. The topological polar surface area (TPSA) is 0 Å². The number of allylic oxidation sites excluding steroid dienone is 1. The van der Waals surface area contributed by atoms with Crippen LogP contribution in [-0.2, 0) is 0 Å². The normalized spacial score (nSPS) is 11.3. The van der Waals surface area contributed by atoms with Crippen molar-refractivity contribution < 1.29 is 0 Å². The Bertz CT molecular complexity index is 350. The van der Waals surface area contributed by atoms with E-state index in [1.54, 1.807) is 0 Å². The van der Waals surface area contributed by atoms with Crippen LogP contribution in [0.2, 0.25) is 0 Å². The molecular weight excluding hydrogens is 264 g/mol. The standard InChI is InChI=1S/C22H35/c1-2-3-4-5-6-7-8-9-10-11-12-13-14-16-19-22-20-17-15-18-21-22/h15-20H,2-14H2,1H3. The summed E-state index contributed by atoms with van der Waals surface area (Å²) in [5, 5.41) is 0. The molecule has 123 valence electrons. The number of benzene rings is 1. The van der Waals surface area contributed by atoms with Crippen LogP contribution in [0.1, 0.15) is 96.0 Å². The first-order chi connectivity index (χ1) is 10.9. The van der Waals surface area contributed by atoms with E-state index >= 15 is 0 Å². The molecule has 0 amide bonds. The third-order valence-electron chi connectivity index (χ3n) is 4.25. The van der Waals surface area contributed by atoms with E-state index in [-0.39, 0.29) is 0 Å². The van der Waals surface area contributed by atoms with Crippen LogP contribution in [-0.4, -0.2) is 0 Å². The SMILES string of the molecule is CCCCCCCCCCCCCCC=Cc1[c]cccc1. The van der Waals surface area contributed by atoms with Gasteiger partial charge in [0.15, 0.2) is 0 Å². The summed E-state index contributed by atoms with van der Waals surface area (Å²) in [6, 6.07) is 11.4. The lowest BCUT2D eigenvalue weighted by Crippen LogP contribution is -1.82. The summed E-state index contributed by atoms with van der Waals surface area (Å²) < 4.78 is 0. The maximum absolute atomic E-state index is 3.23. The van der Waals surface area contributed by atoms with Crippen LogP contribution in [0.5, 0.6) is 0 Å². The van der Waals surface area contributed by atoms with Crippen molar-refractivity contribution in [2.24, 2.45) is 0 Å². The quantitative estimate of drug-likeness (QED) is 0.310. The van der Waals surface area contributed by atoms with Crippen molar-refractivity contribution in [1.82, 2.24) is 0 Å². The third-order valence-corrected chi connectivity index (χ3v) is 4.25. The van der Waals surface area contributed by atoms with E-state index in [0.717, 1.165) is 0 Å². The summed E-state index contributed by atoms with van der Waals surface area (Å²) in [4.78, 5) is 0. The monoisotopic (exact) mass is 299 g/mol. The van der Waals surface area contributed by atoms with Gasteiger partial charge in [-0.25, -0.2) is 0 Å². The van der Waals surface area contributed by atoms with Gasteiger partial charge in [0.05, 0.1) is 0 Å². The summed E-state index contributed by atoms with van der Waals surface area (Å²) in [7, 11) is 0. The zero-order chi connectivity index (χ0) is 15.7. The Balaban J connectivity index is 1.79. The number of unbranched alkanes of at least 4 members (excludes halogenated alkanes) is 12. The molecule has 0 fully saturated rings. The molecule has 0 saturated heterocycles. The fraction of sp³-hybridized carbons (Fsp3) is 0.636. The minimum Gasteiger partial charge on any atom is -0.0839 e. The van der Waals surface area contributed by atoms with E-state index in [4.69, 9.17) is 0 Å². The zero-order valence-corrected chi connectivity index (χ0v) is 14.7. The van der Waals surface area contributed by atoms with Crippen molar-refractivity contribution in [1.29, 1.82) is 0 Å². The number of hydrogen-bond acceptors (Lipinski definition) is 0. The molecule has 0 spiro atoms. The van der Waals surface area contributed by atoms with E-state index in [1.165, 1.54) is 89.0 Å². The highest BCUT2D eigenvalue weighted by molar-refractivity contribution is 5.47. The average molecular weight is 300 g/mol. The molecule has 1 rings (SSSR count). The van der Waals surface area contributed by atoms with Gasteiger partial charge in [-0.3, -0.25) is 0 Å². The molecule has 0 N–H and O–H groups in total. The van der Waals surface area contributed by atoms with E-state index in [1.807, 2.05) is 12.1 Å². The lowest BCUT2D eigenvalue weighted by Gasteiger charge is -2.02. The van der Waals surface area contributed by atoms with Crippen LogP contribution in [0.15, 0.2) is 30.3 Å². The molecule has 22 heavy (non-hydrogen) atoms. The molecule has 0 heteroatoms. The van der Waals surface area contributed by atoms with Crippen molar-refractivity contribution in [2.75, 3.05) is 0 Å². The molecular formula is C22H35. The fourth-order valence-corrected chi connectivity index (χ4v) is 2.82. The summed E-state index contributed by atoms with van der Waals surface area (Å²) in [6.07, 6.45) is 22.8. The summed E-state index contributed by atoms with van der Waals surface area (Å²) in [5.74, 6) is 0. The number of hydrogen-bond donors (Lipinski definition) is 0. The van der Waals surface area contributed by atoms with Crippen LogP contribution in [0, 0.1) is 6.07 Å². The molecule has 0 saturated carbocycles. The Morgan fingerprint density at radius 2 is 1.36 bits per heavy atom. The van der Waals surface area contributed by atoms with Crippen LogP contribution >= 0.6 is 0 Å². The largest absolute Gasteiger partial charge is 0.0839 e. The van der Waals surface area contributed by atoms with Crippen molar-refractivity contribution in [2.45, 2.75) is 90.4 Å². The van der Waals surface area contributed by atoms with Crippen LogP contribution in [0.3, 0.4) is 0 Å². The van der Waals surface area contributed by atoms with Crippen molar-refractivity contribution in [3.05, 3.63) is 42.0 Å². The lowest BCUT2D eigenvalue weighted by atomic mass is 10.0. The Kier molecular flexibility index (Phi) is 12.9. The van der Waals surface area contributed by atoms with Gasteiger partial charge in [0.2, 0.25) is 0 Å². The molecule has 0 nitrogen and oxygen atoms in total. The van der Waals surface area contributed by atoms with Crippen LogP contribution < -0.4 is 0 Å². The highest BCUT2D eigenvalue weighted by atomic mass is 14.0. The minimum atomic E-state index is 1.20. The summed E-state index contributed by atoms with van der Waals surface area (Å²) in [5.41, 5.74) is 1.20. The highest BCUT2D eigenvalue weighted by Gasteiger charge is 1.93. The van der Waals surface area contributed by atoms with Crippen LogP contribution in [0.4, 0.5) is 0 Å². The van der Waals surface area contributed by atoms with E-state index < -0.39 is 0 Å². The van der Waals surface area contributed by atoms with Gasteiger partial charge in [0.1, 0.15) is 0 Å². The number of rotatable bonds is 14. The first-order valence-corrected chi connectivity index (χ1v) is 9.56. The van der Waals surface area contributed by atoms with Crippen molar-refractivity contribution in [3.8, 4) is 0 Å². The zero-order valence-electron chi connectivity index (χ0n) is 14.7. The molecule has 0 heterocycles. The molecule has 1 aromatic carbocycles. The second-order valence-electron chi connectivity index (χ2n) is 6.40. The van der Waals surface area contributed by atoms with Gasteiger partial charge in [-0.1, -0.05) is 114 Å². The third kappa shape index (κ3) is 11.6. The first kappa shape index (κ1) is 19.0. The Labute approximate surface area is 139 Å². The van der Waals surface area contributed by atoms with Gasteiger partial charge >= 0.3 is 0 Å². The van der Waals surface area contributed by atoms with Crippen molar-refractivity contribution >= 4 is 6.08 Å². The highest BCUT2D eigenvalue weighted by Crippen LogP contribution is 2.12. The van der Waals surface area contributed by atoms with E-state index in [0.29, 0.717) is 0 Å². The summed E-state index contributed by atoms with van der Waals surface area (Å²) >= 11 is 0. The lowest BCUT2D eigenvalue weighted by molar-refractivity contribution is 0.545. The van der Waals surface area contributed by atoms with Gasteiger partial charge < -0.3 is 0 Å². The van der Waals surface area contributed by atoms with E-state index in [9.17, 15) is 0 Å². The predicted octanol–water partition coefficient (Wildman–Crippen LogP) is 7.59. The smallest absolute Gasteiger partial charge is 0.0106 e. The van der Waals surface area contributed by atoms with Gasteiger partial charge in [-0.2, -0.15) is 0 Å². The van der Waals surface area contributed by atoms with Crippen LogP contribution in [0.25, 0.3) is 6.08 Å². The fourth-order valence-electron chi connectivity index (χ4n) is 2.82. The first-order valence-electron chi connectivity index (χ1n) is 9.56.